The predicted molar refractivity (Wildman–Crippen MR) is 71.5 cm³/mol. The third kappa shape index (κ3) is 2.70. The van der Waals surface area contributed by atoms with Crippen molar-refractivity contribution in [2.75, 3.05) is 0 Å². The van der Waals surface area contributed by atoms with E-state index in [1.165, 1.54) is 19.3 Å². The van der Waals surface area contributed by atoms with Gasteiger partial charge in [0.1, 0.15) is 0 Å². The highest BCUT2D eigenvalue weighted by molar-refractivity contribution is 5.45. The van der Waals surface area contributed by atoms with E-state index in [4.69, 9.17) is 5.73 Å². The van der Waals surface area contributed by atoms with Gasteiger partial charge < -0.3 is 5.73 Å². The maximum Gasteiger partial charge on any atom is 0.272 e. The number of hydrogen-bond acceptors (Lipinski definition) is 3. The summed E-state index contributed by atoms with van der Waals surface area (Å²) >= 11 is 0. The minimum Gasteiger partial charge on any atom is -0.325 e. The third-order valence-corrected chi connectivity index (χ3v) is 4.01. The van der Waals surface area contributed by atoms with Gasteiger partial charge in [-0.15, -0.1) is 0 Å². The number of nitrogens with two attached hydrogens (primary N) is 1. The standard InChI is InChI=1S/C14H20N2O2/c1-11-12(6-5-7-13(11)16(17)18)10-14(15)8-3-2-4-9-14/h5-7H,2-4,8-10,15H2,1H3. The van der Waals surface area contributed by atoms with Crippen LogP contribution >= 0.6 is 0 Å². The van der Waals surface area contributed by atoms with Crippen LogP contribution in [0.5, 0.6) is 0 Å². The average Bonchev–Trinajstić information content (AvgIpc) is 2.32. The first-order chi connectivity index (χ1) is 8.52. The Hall–Kier alpha value is -1.42. The van der Waals surface area contributed by atoms with E-state index in [2.05, 4.69) is 0 Å². The summed E-state index contributed by atoms with van der Waals surface area (Å²) in [5, 5.41) is 10.9. The summed E-state index contributed by atoms with van der Waals surface area (Å²) in [5.74, 6) is 0. The van der Waals surface area contributed by atoms with E-state index in [-0.39, 0.29) is 16.1 Å². The van der Waals surface area contributed by atoms with Crippen molar-refractivity contribution < 1.29 is 4.92 Å². The Kier molecular flexibility index (Phi) is 3.66. The Labute approximate surface area is 107 Å². The topological polar surface area (TPSA) is 69.2 Å². The van der Waals surface area contributed by atoms with E-state index in [0.717, 1.165) is 30.4 Å². The zero-order chi connectivity index (χ0) is 13.2. The Morgan fingerprint density at radius 1 is 1.33 bits per heavy atom. The summed E-state index contributed by atoms with van der Waals surface area (Å²) < 4.78 is 0. The van der Waals surface area contributed by atoms with Gasteiger partial charge in [-0.3, -0.25) is 10.1 Å². The van der Waals surface area contributed by atoms with E-state index in [0.29, 0.717) is 0 Å². The quantitative estimate of drug-likeness (QED) is 0.660. The molecule has 0 bridgehead atoms. The SMILES string of the molecule is Cc1c(CC2(N)CCCCC2)cccc1[N+](=O)[O-]. The fourth-order valence-electron chi connectivity index (χ4n) is 2.87. The van der Waals surface area contributed by atoms with Crippen molar-refractivity contribution in [3.8, 4) is 0 Å². The molecule has 0 saturated heterocycles. The van der Waals surface area contributed by atoms with Crippen molar-refractivity contribution in [2.45, 2.75) is 51.0 Å². The lowest BCUT2D eigenvalue weighted by atomic mass is 9.77. The summed E-state index contributed by atoms with van der Waals surface area (Å²) in [7, 11) is 0. The molecular formula is C14H20N2O2. The molecule has 1 aromatic carbocycles. The van der Waals surface area contributed by atoms with Crippen molar-refractivity contribution in [1.29, 1.82) is 0 Å². The summed E-state index contributed by atoms with van der Waals surface area (Å²) in [6, 6.07) is 5.28. The van der Waals surface area contributed by atoms with Gasteiger partial charge in [0.25, 0.3) is 5.69 Å². The van der Waals surface area contributed by atoms with E-state index >= 15 is 0 Å². The molecule has 1 aliphatic rings. The van der Waals surface area contributed by atoms with E-state index < -0.39 is 0 Å². The molecule has 0 aromatic heterocycles. The predicted octanol–water partition coefficient (Wildman–Crippen LogP) is 3.11. The Morgan fingerprint density at radius 3 is 2.61 bits per heavy atom. The maximum atomic E-state index is 10.9. The van der Waals surface area contributed by atoms with Crippen LogP contribution in [0.4, 0.5) is 5.69 Å². The maximum absolute atomic E-state index is 10.9. The molecule has 98 valence electrons. The van der Waals surface area contributed by atoms with E-state index in [1.807, 2.05) is 13.0 Å². The van der Waals surface area contributed by atoms with Gasteiger partial charge in [0.15, 0.2) is 0 Å². The summed E-state index contributed by atoms with van der Waals surface area (Å²) in [6.07, 6.45) is 6.40. The van der Waals surface area contributed by atoms with Crippen LogP contribution in [-0.4, -0.2) is 10.5 Å². The highest BCUT2D eigenvalue weighted by atomic mass is 16.6. The van der Waals surface area contributed by atoms with Gasteiger partial charge >= 0.3 is 0 Å². The smallest absolute Gasteiger partial charge is 0.272 e. The zero-order valence-corrected chi connectivity index (χ0v) is 10.8. The normalized spacial score (nSPS) is 18.6. The third-order valence-electron chi connectivity index (χ3n) is 4.01. The Balaban J connectivity index is 2.23. The first-order valence-electron chi connectivity index (χ1n) is 6.54. The van der Waals surface area contributed by atoms with Gasteiger partial charge in [-0.2, -0.15) is 0 Å². The van der Waals surface area contributed by atoms with Crippen LogP contribution in [0.1, 0.15) is 43.2 Å². The monoisotopic (exact) mass is 248 g/mol. The van der Waals surface area contributed by atoms with Gasteiger partial charge in [-0.05, 0) is 31.7 Å². The van der Waals surface area contributed by atoms with Crippen LogP contribution in [-0.2, 0) is 6.42 Å². The zero-order valence-electron chi connectivity index (χ0n) is 10.8. The van der Waals surface area contributed by atoms with Gasteiger partial charge in [0.2, 0.25) is 0 Å². The summed E-state index contributed by atoms with van der Waals surface area (Å²) in [5.41, 5.74) is 8.23. The molecule has 1 aliphatic carbocycles. The number of hydrogen-bond donors (Lipinski definition) is 1. The minimum atomic E-state index is -0.317. The lowest BCUT2D eigenvalue weighted by Gasteiger charge is -2.34. The first kappa shape index (κ1) is 13.0. The van der Waals surface area contributed by atoms with Crippen LogP contribution in [0.3, 0.4) is 0 Å². The van der Waals surface area contributed by atoms with Crippen LogP contribution < -0.4 is 5.73 Å². The molecular weight excluding hydrogens is 228 g/mol. The van der Waals surface area contributed by atoms with Gasteiger partial charge in [-0.25, -0.2) is 0 Å². The second-order valence-corrected chi connectivity index (χ2v) is 5.42. The molecule has 2 rings (SSSR count). The molecule has 4 nitrogen and oxygen atoms in total. The molecule has 0 heterocycles. The lowest BCUT2D eigenvalue weighted by Crippen LogP contribution is -2.43. The lowest BCUT2D eigenvalue weighted by molar-refractivity contribution is -0.385. The molecule has 1 aromatic rings. The van der Waals surface area contributed by atoms with Crippen molar-refractivity contribution in [3.63, 3.8) is 0 Å². The first-order valence-corrected chi connectivity index (χ1v) is 6.54. The van der Waals surface area contributed by atoms with Crippen molar-refractivity contribution >= 4 is 5.69 Å². The second-order valence-electron chi connectivity index (χ2n) is 5.42. The van der Waals surface area contributed by atoms with Crippen molar-refractivity contribution in [1.82, 2.24) is 0 Å². The number of nitrogens with zero attached hydrogens (tertiary/aromatic N) is 1. The highest BCUT2D eigenvalue weighted by Gasteiger charge is 2.29. The van der Waals surface area contributed by atoms with E-state index in [9.17, 15) is 10.1 Å². The van der Waals surface area contributed by atoms with Crippen molar-refractivity contribution in [2.24, 2.45) is 5.73 Å². The number of nitro groups is 1. The molecule has 2 N–H and O–H groups in total. The van der Waals surface area contributed by atoms with Gasteiger partial charge in [0.05, 0.1) is 4.92 Å². The fourth-order valence-corrected chi connectivity index (χ4v) is 2.87. The molecule has 4 heteroatoms. The van der Waals surface area contributed by atoms with E-state index in [1.54, 1.807) is 12.1 Å². The summed E-state index contributed by atoms with van der Waals surface area (Å²) in [6.45, 7) is 1.82. The number of benzene rings is 1. The molecule has 0 spiro atoms. The molecule has 1 fully saturated rings. The Bertz CT molecular complexity index is 451. The van der Waals surface area contributed by atoms with Gasteiger partial charge in [0, 0.05) is 17.2 Å². The van der Waals surface area contributed by atoms with Crippen LogP contribution in [0.2, 0.25) is 0 Å². The second kappa shape index (κ2) is 5.06. The largest absolute Gasteiger partial charge is 0.325 e. The molecule has 0 amide bonds. The average molecular weight is 248 g/mol. The van der Waals surface area contributed by atoms with Crippen LogP contribution in [0, 0.1) is 17.0 Å². The minimum absolute atomic E-state index is 0.168. The summed E-state index contributed by atoms with van der Waals surface area (Å²) in [4.78, 5) is 10.6. The Morgan fingerprint density at radius 2 is 2.00 bits per heavy atom. The molecule has 1 saturated carbocycles. The van der Waals surface area contributed by atoms with Crippen LogP contribution in [0.25, 0.3) is 0 Å². The van der Waals surface area contributed by atoms with Crippen molar-refractivity contribution in [3.05, 3.63) is 39.4 Å². The highest BCUT2D eigenvalue weighted by Crippen LogP contribution is 2.31. The molecule has 0 aliphatic heterocycles. The number of nitro benzene ring substituents is 1. The number of rotatable bonds is 3. The fraction of sp³-hybridized carbons (Fsp3) is 0.571. The molecule has 18 heavy (non-hydrogen) atoms. The van der Waals surface area contributed by atoms with Crippen LogP contribution in [0.15, 0.2) is 18.2 Å². The molecule has 0 atom stereocenters. The molecule has 0 radical (unpaired) electrons. The molecule has 0 unspecified atom stereocenters. The van der Waals surface area contributed by atoms with Gasteiger partial charge in [-0.1, -0.05) is 31.4 Å².